The number of imide groups is 1. The van der Waals surface area contributed by atoms with Crippen LogP contribution in [0.15, 0.2) is 170 Å². The third-order valence-corrected chi connectivity index (χ3v) is 12.8. The molecule has 7 aromatic carbocycles. The van der Waals surface area contributed by atoms with Gasteiger partial charge in [0.25, 0.3) is 11.8 Å². The number of hydrogen-bond donors (Lipinski definition) is 9. The number of benzene rings is 7. The summed E-state index contributed by atoms with van der Waals surface area (Å²) in [4.78, 5) is 42.4. The summed E-state index contributed by atoms with van der Waals surface area (Å²) in [6.07, 6.45) is 0. The Hall–Kier alpha value is -9.25. The van der Waals surface area contributed by atoms with E-state index in [9.17, 15) is 9.59 Å². The van der Waals surface area contributed by atoms with Crippen LogP contribution in [0.1, 0.15) is 54.1 Å². The zero-order valence-electron chi connectivity index (χ0n) is 50.2. The number of aromatic hydroxyl groups is 1. The number of amides is 2. The lowest BCUT2D eigenvalue weighted by molar-refractivity contribution is -0.0976. The molecule has 26 nitrogen and oxygen atoms in total. The van der Waals surface area contributed by atoms with Gasteiger partial charge in [-0.25, -0.2) is 17.7 Å². The maximum atomic E-state index is 12.1. The summed E-state index contributed by atoms with van der Waals surface area (Å²) in [5.41, 5.74) is 9.72. The highest BCUT2D eigenvalue weighted by molar-refractivity contribution is 9.12. The molecule has 15 N–H and O–H groups in total. The number of fused-ring (bicyclic) bond motifs is 1. The van der Waals surface area contributed by atoms with Gasteiger partial charge in [-0.1, -0.05) is 59.9 Å². The van der Waals surface area contributed by atoms with Gasteiger partial charge in [-0.2, -0.15) is 21.0 Å². The van der Waals surface area contributed by atoms with Gasteiger partial charge in [-0.15, -0.1) is 17.5 Å². The number of halogens is 4. The molecule has 0 unspecified atom stereocenters. The summed E-state index contributed by atoms with van der Waals surface area (Å²) in [5.74, 6) is 25.4. The lowest BCUT2D eigenvalue weighted by atomic mass is 10.1. The van der Waals surface area contributed by atoms with E-state index >= 15 is 0 Å². The summed E-state index contributed by atoms with van der Waals surface area (Å²) in [7, 11) is 1.46. The average Bonchev–Trinajstić information content (AvgIpc) is 1.66. The number of ether oxygens (including phenoxy) is 6. The minimum absolute atomic E-state index is 0. The number of nitrogen functional groups attached to an aromatic ring is 1. The van der Waals surface area contributed by atoms with Crippen molar-refractivity contribution >= 4 is 83.7 Å². The number of phenols is 1. The molecule has 0 spiro atoms. The van der Waals surface area contributed by atoms with E-state index in [1.807, 2.05) is 24.3 Å². The number of alkyl halides is 3. The van der Waals surface area contributed by atoms with Crippen molar-refractivity contribution in [3.05, 3.63) is 214 Å². The summed E-state index contributed by atoms with van der Waals surface area (Å²) in [6, 6.07) is 55.2. The molecule has 0 atom stereocenters. The standard InChI is InChI=1S/C17H12N2O4.C10H14N2O3.C9H8BrNO.C9H13N3O2.C9H10N2O2.C7H5NO.C2H4Br2.ClH.H4N2/c18-11-12-5-7-13(8-6-12)22-9-10-23-19-16(20)14-3-1-2-4-15(14)17(19)21;1-13-10(11)8-2-4-9(5-3-8)14-6-7-15-12;10-5-6-12-9-3-1-8(7-11)2-4-9;10-9(11)7-1-3-8(4-2-7)13-5-6-14-12;10-7-8-1-3-9(4-2-8)12-5-6-13-11;8-5-6-1-3-7(9)4-2-6;3-1-2-4;;1-2/h1-8H,9-10H2;2-5,11H,6-7,12H2,1H3;1-4H,5-6H2;1-4H,5-6,12H2,(H3,10,11);1-4H,5-6,11H2;1-4,9H;1-2H2;1H;1-2H2. The summed E-state index contributed by atoms with van der Waals surface area (Å²) in [5, 5.41) is 61.0. The Balaban J connectivity index is 0.00000109. The zero-order valence-corrected chi connectivity index (χ0v) is 55.8. The van der Waals surface area contributed by atoms with Gasteiger partial charge < -0.3 is 53.8 Å². The molecule has 1 aliphatic heterocycles. The first kappa shape index (κ1) is 83.8. The van der Waals surface area contributed by atoms with Gasteiger partial charge in [0.15, 0.2) is 0 Å². The van der Waals surface area contributed by atoms with Crippen molar-refractivity contribution in [1.82, 2.24) is 5.06 Å². The van der Waals surface area contributed by atoms with Crippen molar-refractivity contribution in [3.63, 3.8) is 0 Å². The molecular formula is C63H71Br3ClN13O13. The fraction of sp³-hybridized carbons (Fsp3) is 0.206. The quantitative estimate of drug-likeness (QED) is 0.00549. The molecule has 8 rings (SSSR count). The van der Waals surface area contributed by atoms with E-state index < -0.39 is 11.8 Å². The van der Waals surface area contributed by atoms with Gasteiger partial charge in [-0.3, -0.25) is 36.9 Å². The van der Waals surface area contributed by atoms with E-state index in [-0.39, 0.29) is 43.1 Å². The SMILES string of the molecule is BrCCBr.COC(=N)c1ccc(OCCON)cc1.Cl.N#Cc1ccc(O)cc1.N#Cc1ccc(OCCBr)cc1.N#Cc1ccc(OCCON)cc1.N#Cc1ccc(OCCON2C(=O)c3ccccc3C2=O)cc1.N=C(N)c1ccc(OCCON)cc1.NN. The number of nitrogens with one attached hydrogen (secondary N) is 2. The maximum Gasteiger partial charge on any atom is 0.285 e. The molecule has 1 heterocycles. The van der Waals surface area contributed by atoms with Crippen molar-refractivity contribution in [1.29, 1.82) is 31.9 Å². The highest BCUT2D eigenvalue weighted by Gasteiger charge is 2.36. The van der Waals surface area contributed by atoms with Crippen LogP contribution in [0.4, 0.5) is 0 Å². The number of hydrazine groups is 1. The predicted molar refractivity (Wildman–Crippen MR) is 362 cm³/mol. The van der Waals surface area contributed by atoms with Crippen LogP contribution in [0.2, 0.25) is 0 Å². The molecule has 0 aromatic heterocycles. The van der Waals surface area contributed by atoms with Crippen LogP contribution in [-0.2, 0) is 24.1 Å². The largest absolute Gasteiger partial charge is 0.508 e. The second-order valence-corrected chi connectivity index (χ2v) is 19.1. The van der Waals surface area contributed by atoms with Crippen molar-refractivity contribution in [2.75, 3.05) is 82.6 Å². The van der Waals surface area contributed by atoms with Crippen LogP contribution in [0, 0.1) is 56.1 Å². The Morgan fingerprint density at radius 1 is 0.452 bits per heavy atom. The summed E-state index contributed by atoms with van der Waals surface area (Å²) < 4.78 is 31.3. The van der Waals surface area contributed by atoms with Gasteiger partial charge in [0.05, 0.1) is 71.4 Å². The predicted octanol–water partition coefficient (Wildman–Crippen LogP) is 8.77. The van der Waals surface area contributed by atoms with Gasteiger partial charge in [0, 0.05) is 27.1 Å². The molecule has 7 aromatic rings. The molecule has 93 heavy (non-hydrogen) atoms. The molecule has 0 saturated carbocycles. The minimum atomic E-state index is -0.469. The van der Waals surface area contributed by atoms with Gasteiger partial charge in [0.2, 0.25) is 5.90 Å². The number of carbonyl (C=O) groups is 2. The highest BCUT2D eigenvalue weighted by atomic mass is 79.9. The average molecular weight is 1490 g/mol. The highest BCUT2D eigenvalue weighted by Crippen LogP contribution is 2.23. The topological polar surface area (TPSA) is 449 Å². The Kier molecular flexibility index (Phi) is 48.1. The second kappa shape index (κ2) is 53.4. The number of nitrogens with zero attached hydrogens (tertiary/aromatic N) is 5. The first-order valence-corrected chi connectivity index (χ1v) is 30.1. The normalized spacial score (nSPS) is 9.88. The fourth-order valence-electron chi connectivity index (χ4n) is 6.32. The number of amidine groups is 1. The second-order valence-electron chi connectivity index (χ2n) is 16.8. The van der Waals surface area contributed by atoms with Crippen LogP contribution in [0.25, 0.3) is 0 Å². The molecular weight excluding hydrogens is 1420 g/mol. The van der Waals surface area contributed by atoms with E-state index in [1.165, 1.54) is 19.2 Å². The zero-order chi connectivity index (χ0) is 68.2. The Bertz CT molecular complexity index is 3340. The number of nitriles is 4. The Labute approximate surface area is 570 Å². The van der Waals surface area contributed by atoms with Crippen molar-refractivity contribution < 1.29 is 62.5 Å². The van der Waals surface area contributed by atoms with E-state index in [1.54, 1.807) is 158 Å². The van der Waals surface area contributed by atoms with Gasteiger partial charge >= 0.3 is 0 Å². The van der Waals surface area contributed by atoms with Crippen molar-refractivity contribution in [3.8, 4) is 58.8 Å². The molecule has 2 amide bonds. The van der Waals surface area contributed by atoms with Crippen LogP contribution < -0.4 is 58.8 Å². The maximum absolute atomic E-state index is 12.1. The van der Waals surface area contributed by atoms with Crippen LogP contribution in [-0.4, -0.2) is 116 Å². The number of methoxy groups -OCH3 is 1. The molecule has 0 aliphatic carbocycles. The molecule has 0 saturated heterocycles. The lowest BCUT2D eigenvalue weighted by Gasteiger charge is -2.13. The molecule has 0 bridgehead atoms. The van der Waals surface area contributed by atoms with E-state index in [0.29, 0.717) is 114 Å². The first-order valence-electron chi connectivity index (χ1n) is 26.8. The third-order valence-electron chi connectivity index (χ3n) is 10.6. The third kappa shape index (κ3) is 35.8. The number of hydroxylamine groups is 2. The number of phenolic OH excluding ortho intramolecular Hbond substituents is 1. The van der Waals surface area contributed by atoms with E-state index in [0.717, 1.165) is 26.8 Å². The monoisotopic (exact) mass is 1490 g/mol. The molecule has 1 aliphatic rings. The van der Waals surface area contributed by atoms with Crippen LogP contribution >= 0.6 is 60.2 Å². The van der Waals surface area contributed by atoms with Crippen molar-refractivity contribution in [2.24, 2.45) is 35.1 Å². The minimum Gasteiger partial charge on any atom is -0.508 e. The smallest absolute Gasteiger partial charge is 0.285 e. The summed E-state index contributed by atoms with van der Waals surface area (Å²) >= 11 is 9.66. The molecule has 494 valence electrons. The van der Waals surface area contributed by atoms with Crippen molar-refractivity contribution in [2.45, 2.75) is 0 Å². The van der Waals surface area contributed by atoms with Gasteiger partial charge in [-0.05, 0) is 158 Å². The molecule has 0 fully saturated rings. The first-order chi connectivity index (χ1) is 44.7. The number of nitrogens with two attached hydrogens (primary N) is 6. The number of hydrogen-bond acceptors (Lipinski definition) is 24. The summed E-state index contributed by atoms with van der Waals surface area (Å²) in [6.45, 7) is 3.09. The molecule has 30 heteroatoms. The van der Waals surface area contributed by atoms with E-state index in [4.69, 9.17) is 93.7 Å². The van der Waals surface area contributed by atoms with Gasteiger partial charge in [0.1, 0.15) is 93.2 Å². The lowest BCUT2D eigenvalue weighted by Crippen LogP contribution is -2.31. The molecule has 0 radical (unpaired) electrons. The van der Waals surface area contributed by atoms with Crippen LogP contribution in [0.5, 0.6) is 34.5 Å². The fourth-order valence-corrected chi connectivity index (χ4v) is 6.48. The number of carbonyl (C=O) groups excluding carboxylic acids is 2. The Morgan fingerprint density at radius 2 is 0.742 bits per heavy atom. The number of rotatable bonds is 23. The van der Waals surface area contributed by atoms with Crippen LogP contribution in [0.3, 0.4) is 0 Å². The van der Waals surface area contributed by atoms with E-state index in [2.05, 4.69) is 74.0 Å². The Morgan fingerprint density at radius 3 is 1.02 bits per heavy atom.